The molecule has 0 aliphatic carbocycles. The lowest BCUT2D eigenvalue weighted by Crippen LogP contribution is -2.37. The molecule has 0 radical (unpaired) electrons. The van der Waals surface area contributed by atoms with Gasteiger partial charge in [0.25, 0.3) is 0 Å². The van der Waals surface area contributed by atoms with Crippen LogP contribution in [0.1, 0.15) is 168 Å². The van der Waals surface area contributed by atoms with Gasteiger partial charge in [0.15, 0.2) is 0 Å². The maximum atomic E-state index is 12.5. The Labute approximate surface area is 303 Å². The minimum absolute atomic E-state index is 0.0887. The first kappa shape index (κ1) is 48.0. The van der Waals surface area contributed by atoms with Gasteiger partial charge in [-0.3, -0.25) is 13.8 Å². The predicted octanol–water partition coefficient (Wildman–Crippen LogP) is 11.3. The second kappa shape index (κ2) is 34.1. The third-order valence-electron chi connectivity index (χ3n) is 8.52. The zero-order chi connectivity index (χ0) is 36.3. The molecule has 0 bridgehead atoms. The average molecular weight is 717 g/mol. The zero-order valence-corrected chi connectivity index (χ0v) is 33.6. The van der Waals surface area contributed by atoms with Crippen molar-refractivity contribution in [2.45, 2.75) is 174 Å². The summed E-state index contributed by atoms with van der Waals surface area (Å²) in [6.45, 7) is 5.57. The Morgan fingerprint density at radius 2 is 1.12 bits per heavy atom. The van der Waals surface area contributed by atoms with E-state index in [0.717, 1.165) is 38.5 Å². The lowest BCUT2D eigenvalue weighted by molar-refractivity contribution is -0.870. The van der Waals surface area contributed by atoms with Crippen molar-refractivity contribution in [3.8, 4) is 0 Å². The van der Waals surface area contributed by atoms with E-state index in [1.165, 1.54) is 109 Å². The molecule has 0 fully saturated rings. The van der Waals surface area contributed by atoms with Crippen LogP contribution >= 0.6 is 7.82 Å². The number of hydrogen-bond donors (Lipinski definition) is 1. The third-order valence-corrected chi connectivity index (χ3v) is 9.50. The first-order valence-corrected chi connectivity index (χ1v) is 21.6. The van der Waals surface area contributed by atoms with Gasteiger partial charge in [0.05, 0.1) is 34.4 Å². The lowest BCUT2D eigenvalue weighted by Gasteiger charge is -2.24. The van der Waals surface area contributed by atoms with Crippen LogP contribution in [0.3, 0.4) is 0 Å². The normalized spacial score (nSPS) is 14.2. The minimum atomic E-state index is -4.26. The molecule has 0 aromatic heterocycles. The van der Waals surface area contributed by atoms with Crippen molar-refractivity contribution in [1.29, 1.82) is 0 Å². The second-order valence-electron chi connectivity index (χ2n) is 14.7. The Bertz CT molecular complexity index is 843. The van der Waals surface area contributed by atoms with Crippen molar-refractivity contribution in [2.75, 3.05) is 54.1 Å². The summed E-state index contributed by atoms with van der Waals surface area (Å²) in [5.41, 5.74) is 0. The van der Waals surface area contributed by atoms with Gasteiger partial charge in [-0.15, -0.1) is 0 Å². The van der Waals surface area contributed by atoms with Crippen LogP contribution < -0.4 is 0 Å². The molecular formula is C40H79NO7P+. The number of carbonyl (C=O) groups excluding carboxylic acids is 1. The first-order chi connectivity index (χ1) is 23.6. The number of phosphoric ester groups is 1. The van der Waals surface area contributed by atoms with E-state index < -0.39 is 13.9 Å². The summed E-state index contributed by atoms with van der Waals surface area (Å²) in [6.07, 6.45) is 36.4. The van der Waals surface area contributed by atoms with E-state index in [0.29, 0.717) is 24.1 Å². The summed E-state index contributed by atoms with van der Waals surface area (Å²) in [5, 5.41) is 0. The van der Waals surface area contributed by atoms with Crippen molar-refractivity contribution in [2.24, 2.45) is 0 Å². The number of quaternary nitrogens is 1. The summed E-state index contributed by atoms with van der Waals surface area (Å²) in [7, 11) is 1.66. The Kier molecular flexibility index (Phi) is 33.4. The average Bonchev–Trinajstić information content (AvgIpc) is 3.04. The highest BCUT2D eigenvalue weighted by atomic mass is 31.2. The van der Waals surface area contributed by atoms with Crippen molar-refractivity contribution in [3.05, 3.63) is 24.3 Å². The van der Waals surface area contributed by atoms with E-state index >= 15 is 0 Å². The fourth-order valence-corrected chi connectivity index (χ4v) is 6.09. The molecule has 2 unspecified atom stereocenters. The number of unbranched alkanes of at least 4 members (excludes halogenated alkanes) is 19. The van der Waals surface area contributed by atoms with E-state index in [9.17, 15) is 14.3 Å². The molecule has 0 rings (SSSR count). The highest BCUT2D eigenvalue weighted by Gasteiger charge is 2.26. The van der Waals surface area contributed by atoms with Crippen LogP contribution in [0.2, 0.25) is 0 Å². The monoisotopic (exact) mass is 717 g/mol. The minimum Gasteiger partial charge on any atom is -0.457 e. The molecule has 2 atom stereocenters. The lowest BCUT2D eigenvalue weighted by atomic mass is 10.1. The van der Waals surface area contributed by atoms with Crippen molar-refractivity contribution in [1.82, 2.24) is 0 Å². The van der Waals surface area contributed by atoms with Crippen LogP contribution in [-0.4, -0.2) is 75.6 Å². The molecule has 0 spiro atoms. The van der Waals surface area contributed by atoms with Gasteiger partial charge in [0, 0.05) is 13.0 Å². The molecule has 290 valence electrons. The van der Waals surface area contributed by atoms with Gasteiger partial charge in [-0.25, -0.2) is 4.57 Å². The van der Waals surface area contributed by atoms with E-state index in [1.807, 2.05) is 21.1 Å². The molecule has 0 aromatic carbocycles. The Balaban J connectivity index is 4.16. The largest absolute Gasteiger partial charge is 0.472 e. The maximum Gasteiger partial charge on any atom is 0.472 e. The summed E-state index contributed by atoms with van der Waals surface area (Å²) in [4.78, 5) is 22.7. The zero-order valence-electron chi connectivity index (χ0n) is 32.7. The fraction of sp³-hybridized carbons (Fsp3) is 0.875. The van der Waals surface area contributed by atoms with Gasteiger partial charge < -0.3 is 18.9 Å². The van der Waals surface area contributed by atoms with Gasteiger partial charge >= 0.3 is 13.8 Å². The number of hydrogen-bond acceptors (Lipinski definition) is 6. The van der Waals surface area contributed by atoms with Crippen LogP contribution in [0.4, 0.5) is 0 Å². The van der Waals surface area contributed by atoms with Crippen LogP contribution in [-0.2, 0) is 27.9 Å². The quantitative estimate of drug-likeness (QED) is 0.0225. The molecule has 0 aliphatic heterocycles. The van der Waals surface area contributed by atoms with E-state index in [-0.39, 0.29) is 25.8 Å². The van der Waals surface area contributed by atoms with E-state index in [4.69, 9.17) is 18.5 Å². The Hall–Kier alpha value is -1.02. The highest BCUT2D eigenvalue weighted by molar-refractivity contribution is 7.47. The fourth-order valence-electron chi connectivity index (χ4n) is 5.35. The number of nitrogens with zero attached hydrogens (tertiary/aromatic N) is 1. The molecule has 1 N–H and O–H groups in total. The number of allylic oxidation sites excluding steroid dienone is 4. The Morgan fingerprint density at radius 1 is 0.633 bits per heavy atom. The summed E-state index contributed by atoms with van der Waals surface area (Å²) in [5.74, 6) is -0.321. The standard InChI is InChI=1S/C40H78NO7P/c1-6-8-10-12-14-16-17-18-19-20-21-22-23-24-25-26-28-30-32-35-45-37-39(38-47-49(43,44)46-36-34-41(3,4)5)48-40(42)33-31-29-27-15-13-11-9-7-2/h16-17,19-20,39H,6-15,18,21-38H2,1-5H3/p+1/b17-16-,20-19-. The van der Waals surface area contributed by atoms with Gasteiger partial charge in [-0.2, -0.15) is 0 Å². The number of carbonyl (C=O) groups is 1. The van der Waals surface area contributed by atoms with E-state index in [2.05, 4.69) is 38.2 Å². The molecule has 0 amide bonds. The number of rotatable bonds is 37. The molecule has 0 saturated carbocycles. The maximum absolute atomic E-state index is 12.5. The third kappa shape index (κ3) is 38.1. The van der Waals surface area contributed by atoms with Crippen LogP contribution in [0.15, 0.2) is 24.3 Å². The van der Waals surface area contributed by atoms with Crippen molar-refractivity contribution < 1.29 is 37.3 Å². The number of esters is 1. The van der Waals surface area contributed by atoms with Crippen LogP contribution in [0.25, 0.3) is 0 Å². The summed E-state index contributed by atoms with van der Waals surface area (Å²) in [6, 6.07) is 0. The van der Waals surface area contributed by atoms with Crippen LogP contribution in [0.5, 0.6) is 0 Å². The molecule has 8 nitrogen and oxygen atoms in total. The Morgan fingerprint density at radius 3 is 1.67 bits per heavy atom. The van der Waals surface area contributed by atoms with Gasteiger partial charge in [0.2, 0.25) is 0 Å². The van der Waals surface area contributed by atoms with E-state index in [1.54, 1.807) is 0 Å². The van der Waals surface area contributed by atoms with Gasteiger partial charge in [0.1, 0.15) is 19.3 Å². The van der Waals surface area contributed by atoms with Crippen molar-refractivity contribution in [3.63, 3.8) is 0 Å². The van der Waals surface area contributed by atoms with Crippen LogP contribution in [0, 0.1) is 0 Å². The molecular weight excluding hydrogens is 637 g/mol. The topological polar surface area (TPSA) is 91.3 Å². The summed E-state index contributed by atoms with van der Waals surface area (Å²) < 4.78 is 34.8. The first-order valence-electron chi connectivity index (χ1n) is 20.1. The molecule has 0 saturated heterocycles. The molecule has 9 heteroatoms. The molecule has 0 aromatic rings. The number of ether oxygens (including phenoxy) is 2. The van der Waals surface area contributed by atoms with Crippen molar-refractivity contribution >= 4 is 13.8 Å². The smallest absolute Gasteiger partial charge is 0.457 e. The number of phosphoric acid groups is 1. The molecule has 49 heavy (non-hydrogen) atoms. The predicted molar refractivity (Wildman–Crippen MR) is 206 cm³/mol. The van der Waals surface area contributed by atoms with Gasteiger partial charge in [-0.05, 0) is 44.9 Å². The van der Waals surface area contributed by atoms with Gasteiger partial charge in [-0.1, -0.05) is 141 Å². The highest BCUT2D eigenvalue weighted by Crippen LogP contribution is 2.43. The molecule has 0 aliphatic rings. The molecule has 0 heterocycles. The number of likely N-dealkylation sites (N-methyl/N-ethyl adjacent to an activating group) is 1. The summed E-state index contributed by atoms with van der Waals surface area (Å²) >= 11 is 0. The second-order valence-corrected chi connectivity index (χ2v) is 16.1. The SMILES string of the molecule is CCCCCC/C=C\C/C=C\CCCCCCCCCCOCC(COP(=O)(O)OCC[N+](C)(C)C)OC(=O)CCCCCCCCCC.